The molecule has 5 nitrogen and oxygen atoms in total. The van der Waals surface area contributed by atoms with E-state index in [1.54, 1.807) is 12.1 Å². The molecule has 4 rings (SSSR count). The highest BCUT2D eigenvalue weighted by Crippen LogP contribution is 2.21. The number of aryl methyl sites for hydroxylation is 1. The third-order valence-electron chi connectivity index (χ3n) is 5.69. The molecule has 0 unspecified atom stereocenters. The lowest BCUT2D eigenvalue weighted by Gasteiger charge is -2.27. The first-order chi connectivity index (χ1) is 16.5. The Labute approximate surface area is 204 Å². The molecule has 0 aliphatic carbocycles. The number of benzene rings is 3. The summed E-state index contributed by atoms with van der Waals surface area (Å²) in [5.74, 6) is 0.480. The largest absolute Gasteiger partial charge is 0.491 e. The number of hydrogen-bond acceptors (Lipinski definition) is 5. The smallest absolute Gasteiger partial charge is 0.145 e. The van der Waals surface area contributed by atoms with E-state index in [4.69, 9.17) is 21.2 Å². The first-order valence-corrected chi connectivity index (χ1v) is 11.7. The van der Waals surface area contributed by atoms with Gasteiger partial charge in [0.2, 0.25) is 0 Å². The Balaban J connectivity index is 1.38. The van der Waals surface area contributed by atoms with Gasteiger partial charge in [0.25, 0.3) is 0 Å². The summed E-state index contributed by atoms with van der Waals surface area (Å²) >= 11 is 5.99. The van der Waals surface area contributed by atoms with E-state index in [-0.39, 0.29) is 18.5 Å². The fourth-order valence-corrected chi connectivity index (χ4v) is 4.06. The van der Waals surface area contributed by atoms with Crippen molar-refractivity contribution in [2.45, 2.75) is 32.1 Å². The summed E-state index contributed by atoms with van der Waals surface area (Å²) in [4.78, 5) is 7.79. The van der Waals surface area contributed by atoms with Crippen LogP contribution in [-0.4, -0.2) is 47.6 Å². The van der Waals surface area contributed by atoms with Gasteiger partial charge in [-0.3, -0.25) is 4.90 Å². The maximum atomic E-state index is 13.4. The van der Waals surface area contributed by atoms with Crippen LogP contribution in [0, 0.1) is 12.7 Å². The molecule has 1 aliphatic heterocycles. The van der Waals surface area contributed by atoms with Crippen molar-refractivity contribution in [3.8, 4) is 5.75 Å². The summed E-state index contributed by atoms with van der Waals surface area (Å²) in [5, 5.41) is 15.7. The van der Waals surface area contributed by atoms with Crippen molar-refractivity contribution >= 4 is 17.3 Å². The maximum Gasteiger partial charge on any atom is 0.145 e. The van der Waals surface area contributed by atoms with Crippen molar-refractivity contribution < 1.29 is 19.1 Å². The lowest BCUT2D eigenvalue weighted by Crippen LogP contribution is -2.39. The van der Waals surface area contributed by atoms with Crippen molar-refractivity contribution in [2.24, 2.45) is 5.16 Å². The Hall–Kier alpha value is -2.93. The highest BCUT2D eigenvalue weighted by molar-refractivity contribution is 6.30. The van der Waals surface area contributed by atoms with Gasteiger partial charge >= 0.3 is 0 Å². The Morgan fingerprint density at radius 2 is 1.85 bits per heavy atom. The molecular weight excluding hydrogens is 455 g/mol. The van der Waals surface area contributed by atoms with Crippen molar-refractivity contribution in [1.82, 2.24) is 4.90 Å². The van der Waals surface area contributed by atoms with Gasteiger partial charge in [0, 0.05) is 31.1 Å². The van der Waals surface area contributed by atoms with Gasteiger partial charge in [0.1, 0.15) is 30.4 Å². The van der Waals surface area contributed by atoms with E-state index < -0.39 is 6.10 Å². The minimum absolute atomic E-state index is 0.157. The number of nitrogens with zero attached hydrogens (tertiary/aromatic N) is 2. The SMILES string of the molecule is Cc1ccccc1OC[C@H](O)CN(Cc1ccc(F)cc1)C[C@H]1CC(c2ccc(Cl)cc2)=NO1. The van der Waals surface area contributed by atoms with E-state index >= 15 is 0 Å². The Kier molecular flexibility index (Phi) is 8.16. The number of rotatable bonds is 10. The summed E-state index contributed by atoms with van der Waals surface area (Å²) in [6, 6.07) is 21.6. The second-order valence-corrected chi connectivity index (χ2v) is 8.96. The zero-order valence-electron chi connectivity index (χ0n) is 19.0. The van der Waals surface area contributed by atoms with Gasteiger partial charge < -0.3 is 14.7 Å². The van der Waals surface area contributed by atoms with Gasteiger partial charge in [-0.25, -0.2) is 4.39 Å². The first-order valence-electron chi connectivity index (χ1n) is 11.3. The quantitative estimate of drug-likeness (QED) is 0.430. The zero-order valence-corrected chi connectivity index (χ0v) is 19.8. The van der Waals surface area contributed by atoms with Crippen LogP contribution in [-0.2, 0) is 11.4 Å². The number of aliphatic hydroxyl groups is 1. The van der Waals surface area contributed by atoms with Crippen molar-refractivity contribution in [2.75, 3.05) is 19.7 Å². The van der Waals surface area contributed by atoms with Crippen LogP contribution in [0.2, 0.25) is 5.02 Å². The average molecular weight is 483 g/mol. The summed E-state index contributed by atoms with van der Waals surface area (Å²) in [6.07, 6.45) is -0.217. The Bertz CT molecular complexity index is 1110. The molecule has 0 spiro atoms. The molecule has 0 radical (unpaired) electrons. The van der Waals surface area contributed by atoms with E-state index in [0.717, 1.165) is 28.2 Å². The standard InChI is InChI=1S/C27H28ClFN2O3/c1-19-4-2-3-5-27(19)33-18-24(32)16-31(15-20-6-12-23(29)13-7-20)17-25-14-26(30-34-25)21-8-10-22(28)11-9-21/h2-13,24-25,32H,14-18H2,1H3/t24-,25-/m1/s1. The molecule has 178 valence electrons. The fraction of sp³-hybridized carbons (Fsp3) is 0.296. The molecule has 7 heteroatoms. The van der Waals surface area contributed by atoms with Crippen LogP contribution in [0.3, 0.4) is 0 Å². The lowest BCUT2D eigenvalue weighted by atomic mass is 10.0. The Morgan fingerprint density at radius 3 is 2.59 bits per heavy atom. The molecule has 0 fully saturated rings. The number of ether oxygens (including phenoxy) is 1. The molecular formula is C27H28ClFN2O3. The predicted octanol–water partition coefficient (Wildman–Crippen LogP) is 5.22. The molecule has 0 amide bonds. The first kappa shape index (κ1) is 24.2. The monoisotopic (exact) mass is 482 g/mol. The number of oxime groups is 1. The summed E-state index contributed by atoms with van der Waals surface area (Å²) in [6.45, 7) is 3.61. The van der Waals surface area contributed by atoms with E-state index in [0.29, 0.717) is 31.1 Å². The molecule has 1 N–H and O–H groups in total. The highest BCUT2D eigenvalue weighted by atomic mass is 35.5. The normalized spacial score (nSPS) is 16.3. The third kappa shape index (κ3) is 6.79. The van der Waals surface area contributed by atoms with Crippen molar-refractivity contribution in [1.29, 1.82) is 0 Å². The molecule has 1 heterocycles. The second-order valence-electron chi connectivity index (χ2n) is 8.53. The minimum atomic E-state index is -0.710. The maximum absolute atomic E-state index is 13.4. The van der Waals surface area contributed by atoms with E-state index in [1.807, 2.05) is 55.5 Å². The summed E-state index contributed by atoms with van der Waals surface area (Å²) in [5.41, 5.74) is 3.81. The molecule has 3 aromatic rings. The number of hydrogen-bond donors (Lipinski definition) is 1. The van der Waals surface area contributed by atoms with Crippen LogP contribution in [0.4, 0.5) is 4.39 Å². The third-order valence-corrected chi connectivity index (χ3v) is 5.94. The molecule has 0 saturated carbocycles. The van der Waals surface area contributed by atoms with Crippen LogP contribution in [0.25, 0.3) is 0 Å². The number of para-hydroxylation sites is 1. The van der Waals surface area contributed by atoms with Gasteiger partial charge in [0.15, 0.2) is 0 Å². The summed E-state index contributed by atoms with van der Waals surface area (Å²) in [7, 11) is 0. The molecule has 3 aromatic carbocycles. The minimum Gasteiger partial charge on any atom is -0.491 e. The average Bonchev–Trinajstić information content (AvgIpc) is 3.29. The molecule has 0 bridgehead atoms. The van der Waals surface area contributed by atoms with Crippen LogP contribution in [0.1, 0.15) is 23.1 Å². The number of halogens is 2. The van der Waals surface area contributed by atoms with Crippen LogP contribution in [0.5, 0.6) is 5.75 Å². The van der Waals surface area contributed by atoms with E-state index in [1.165, 1.54) is 12.1 Å². The molecule has 2 atom stereocenters. The van der Waals surface area contributed by atoms with Crippen LogP contribution in [0.15, 0.2) is 78.0 Å². The van der Waals surface area contributed by atoms with Gasteiger partial charge in [-0.1, -0.05) is 59.2 Å². The van der Waals surface area contributed by atoms with Gasteiger partial charge in [-0.15, -0.1) is 0 Å². The van der Waals surface area contributed by atoms with E-state index in [2.05, 4.69) is 10.1 Å². The Morgan fingerprint density at radius 1 is 1.12 bits per heavy atom. The molecule has 34 heavy (non-hydrogen) atoms. The second kappa shape index (κ2) is 11.5. The highest BCUT2D eigenvalue weighted by Gasteiger charge is 2.26. The zero-order chi connectivity index (χ0) is 23.9. The lowest BCUT2D eigenvalue weighted by molar-refractivity contribution is 0.0212. The molecule has 0 saturated heterocycles. The van der Waals surface area contributed by atoms with Crippen LogP contribution < -0.4 is 4.74 Å². The molecule has 1 aliphatic rings. The van der Waals surface area contributed by atoms with Crippen molar-refractivity contribution in [3.63, 3.8) is 0 Å². The number of aliphatic hydroxyl groups excluding tert-OH is 1. The molecule has 0 aromatic heterocycles. The van der Waals surface area contributed by atoms with E-state index in [9.17, 15) is 9.50 Å². The van der Waals surface area contributed by atoms with Gasteiger partial charge in [0.05, 0.1) is 5.71 Å². The van der Waals surface area contributed by atoms with Gasteiger partial charge in [-0.05, 0) is 53.9 Å². The van der Waals surface area contributed by atoms with Crippen molar-refractivity contribution in [3.05, 3.63) is 100 Å². The topological polar surface area (TPSA) is 54.3 Å². The summed E-state index contributed by atoms with van der Waals surface area (Å²) < 4.78 is 19.2. The predicted molar refractivity (Wildman–Crippen MR) is 132 cm³/mol. The van der Waals surface area contributed by atoms with Crippen LogP contribution >= 0.6 is 11.6 Å². The fourth-order valence-electron chi connectivity index (χ4n) is 3.93. The van der Waals surface area contributed by atoms with Gasteiger partial charge in [-0.2, -0.15) is 0 Å².